The molecule has 1 N–H and O–H groups in total. The fourth-order valence-corrected chi connectivity index (χ4v) is 2.01. The van der Waals surface area contributed by atoms with E-state index >= 15 is 0 Å². The molecule has 1 amide bonds. The summed E-state index contributed by atoms with van der Waals surface area (Å²) in [5.74, 6) is -1.02. The van der Waals surface area contributed by atoms with Crippen LogP contribution < -0.4 is 0 Å². The van der Waals surface area contributed by atoms with Crippen LogP contribution in [0.2, 0.25) is 0 Å². The van der Waals surface area contributed by atoms with Crippen molar-refractivity contribution in [2.24, 2.45) is 5.41 Å². The van der Waals surface area contributed by atoms with Crippen LogP contribution in [0, 0.1) is 5.41 Å². The lowest BCUT2D eigenvalue weighted by molar-refractivity contribution is -0.151. The zero-order chi connectivity index (χ0) is 13.8. The van der Waals surface area contributed by atoms with Crippen molar-refractivity contribution in [3.8, 4) is 0 Å². The number of carboxylic acid groups (broad SMARTS) is 1. The normalized spacial score (nSPS) is 16.8. The minimum Gasteiger partial charge on any atom is -0.481 e. The maximum Gasteiger partial charge on any atom is 0.309 e. The Morgan fingerprint density at radius 3 is 2.33 bits per heavy atom. The molecule has 1 aliphatic heterocycles. The van der Waals surface area contributed by atoms with Crippen molar-refractivity contribution in [3.05, 3.63) is 0 Å². The number of amides is 1. The third kappa shape index (κ3) is 4.29. The molecule has 0 aromatic carbocycles. The topological polar surface area (TPSA) is 60.9 Å². The Hall–Kier alpha value is -1.10. The first kappa shape index (κ1) is 15.0. The van der Waals surface area contributed by atoms with Gasteiger partial charge in [-0.3, -0.25) is 9.59 Å². The van der Waals surface area contributed by atoms with Crippen molar-refractivity contribution in [2.45, 2.75) is 33.1 Å². The van der Waals surface area contributed by atoms with Crippen LogP contribution in [0.5, 0.6) is 0 Å². The molecule has 5 heteroatoms. The molecule has 1 fully saturated rings. The number of hydrogen-bond donors (Lipinski definition) is 1. The van der Waals surface area contributed by atoms with Gasteiger partial charge in [-0.25, -0.2) is 0 Å². The fraction of sp³-hybridized carbons (Fsp3) is 0.846. The Morgan fingerprint density at radius 2 is 1.83 bits per heavy atom. The van der Waals surface area contributed by atoms with E-state index in [1.54, 1.807) is 25.8 Å². The molecule has 1 saturated heterocycles. The van der Waals surface area contributed by atoms with E-state index in [4.69, 9.17) is 5.11 Å². The van der Waals surface area contributed by atoms with Crippen LogP contribution in [0.1, 0.15) is 33.1 Å². The third-order valence-electron chi connectivity index (χ3n) is 3.55. The van der Waals surface area contributed by atoms with E-state index in [1.165, 1.54) is 12.8 Å². The third-order valence-corrected chi connectivity index (χ3v) is 3.55. The molecule has 0 aromatic heterocycles. The summed E-state index contributed by atoms with van der Waals surface area (Å²) >= 11 is 0. The standard InChI is InChI=1S/C13H24N2O3/c1-13(2,12(17)18)10-11(16)14(3)8-9-15-6-4-5-7-15/h4-10H2,1-3H3,(H,17,18). The molecule has 18 heavy (non-hydrogen) atoms. The number of carbonyl (C=O) groups excluding carboxylic acids is 1. The number of likely N-dealkylation sites (tertiary alicyclic amines) is 1. The summed E-state index contributed by atoms with van der Waals surface area (Å²) in [6, 6.07) is 0. The summed E-state index contributed by atoms with van der Waals surface area (Å²) in [4.78, 5) is 26.9. The van der Waals surface area contributed by atoms with Gasteiger partial charge in [-0.15, -0.1) is 0 Å². The van der Waals surface area contributed by atoms with Crippen LogP contribution in [0.15, 0.2) is 0 Å². The number of rotatable bonds is 6. The van der Waals surface area contributed by atoms with Gasteiger partial charge in [0.25, 0.3) is 0 Å². The Morgan fingerprint density at radius 1 is 1.28 bits per heavy atom. The van der Waals surface area contributed by atoms with Gasteiger partial charge in [0.05, 0.1) is 5.41 Å². The quantitative estimate of drug-likeness (QED) is 0.771. The van der Waals surface area contributed by atoms with E-state index in [2.05, 4.69) is 4.90 Å². The minimum atomic E-state index is -0.987. The lowest BCUT2D eigenvalue weighted by Crippen LogP contribution is -2.38. The van der Waals surface area contributed by atoms with Crippen molar-refractivity contribution < 1.29 is 14.7 Å². The highest BCUT2D eigenvalue weighted by Crippen LogP contribution is 2.21. The van der Waals surface area contributed by atoms with Crippen LogP contribution >= 0.6 is 0 Å². The highest BCUT2D eigenvalue weighted by molar-refractivity contribution is 5.84. The molecule has 1 rings (SSSR count). The molecule has 1 heterocycles. The lowest BCUT2D eigenvalue weighted by atomic mass is 9.89. The summed E-state index contributed by atoms with van der Waals surface area (Å²) in [5.41, 5.74) is -0.987. The molecule has 0 aliphatic carbocycles. The van der Waals surface area contributed by atoms with Gasteiger partial charge in [-0.1, -0.05) is 0 Å². The van der Waals surface area contributed by atoms with Gasteiger partial charge >= 0.3 is 5.97 Å². The van der Waals surface area contributed by atoms with Crippen molar-refractivity contribution in [2.75, 3.05) is 33.2 Å². The van der Waals surface area contributed by atoms with Gasteiger partial charge in [0.15, 0.2) is 0 Å². The van der Waals surface area contributed by atoms with Gasteiger partial charge in [-0.2, -0.15) is 0 Å². The molecule has 1 aliphatic rings. The zero-order valence-corrected chi connectivity index (χ0v) is 11.6. The largest absolute Gasteiger partial charge is 0.481 e. The molecule has 0 atom stereocenters. The summed E-state index contributed by atoms with van der Waals surface area (Å²) in [5, 5.41) is 9.00. The maximum absolute atomic E-state index is 11.9. The second-order valence-corrected chi connectivity index (χ2v) is 5.73. The SMILES string of the molecule is CN(CCN1CCCC1)C(=O)CC(C)(C)C(=O)O. The van der Waals surface area contributed by atoms with Crippen LogP contribution in [0.3, 0.4) is 0 Å². The van der Waals surface area contributed by atoms with E-state index in [1.807, 2.05) is 0 Å². The maximum atomic E-state index is 11.9. The highest BCUT2D eigenvalue weighted by Gasteiger charge is 2.31. The van der Waals surface area contributed by atoms with E-state index in [-0.39, 0.29) is 12.3 Å². The predicted octanol–water partition coefficient (Wildman–Crippen LogP) is 1.04. The van der Waals surface area contributed by atoms with E-state index < -0.39 is 11.4 Å². The number of nitrogens with zero attached hydrogens (tertiary/aromatic N) is 2. The Labute approximate surface area is 109 Å². The highest BCUT2D eigenvalue weighted by atomic mass is 16.4. The monoisotopic (exact) mass is 256 g/mol. The van der Waals surface area contributed by atoms with Gasteiger partial charge in [0.2, 0.25) is 5.91 Å². The minimum absolute atomic E-state index is 0.0544. The Kier molecular flexibility index (Phi) is 5.14. The first-order valence-corrected chi connectivity index (χ1v) is 6.52. The van der Waals surface area contributed by atoms with Gasteiger partial charge in [-0.05, 0) is 39.8 Å². The molecular weight excluding hydrogens is 232 g/mol. The van der Waals surface area contributed by atoms with Crippen molar-refractivity contribution in [1.29, 1.82) is 0 Å². The van der Waals surface area contributed by atoms with E-state index in [0.717, 1.165) is 19.6 Å². The van der Waals surface area contributed by atoms with Crippen LogP contribution in [0.25, 0.3) is 0 Å². The molecule has 104 valence electrons. The molecule has 0 aromatic rings. The van der Waals surface area contributed by atoms with Crippen LogP contribution in [-0.2, 0) is 9.59 Å². The molecular formula is C13H24N2O3. The summed E-state index contributed by atoms with van der Waals surface area (Å²) in [6.07, 6.45) is 2.53. The van der Waals surface area contributed by atoms with Crippen molar-refractivity contribution >= 4 is 11.9 Å². The van der Waals surface area contributed by atoms with Crippen molar-refractivity contribution in [3.63, 3.8) is 0 Å². The Bertz CT molecular complexity index is 309. The molecule has 0 bridgehead atoms. The molecule has 0 saturated carbocycles. The molecule has 0 radical (unpaired) electrons. The predicted molar refractivity (Wildman–Crippen MR) is 69.3 cm³/mol. The Balaban J connectivity index is 2.34. The second kappa shape index (κ2) is 6.18. The van der Waals surface area contributed by atoms with Crippen molar-refractivity contribution in [1.82, 2.24) is 9.80 Å². The second-order valence-electron chi connectivity index (χ2n) is 5.73. The smallest absolute Gasteiger partial charge is 0.309 e. The molecule has 0 unspecified atom stereocenters. The number of likely N-dealkylation sites (N-methyl/N-ethyl adjacent to an activating group) is 1. The van der Waals surface area contributed by atoms with Crippen LogP contribution in [0.4, 0.5) is 0 Å². The van der Waals surface area contributed by atoms with Gasteiger partial charge in [0.1, 0.15) is 0 Å². The first-order chi connectivity index (χ1) is 8.33. The number of hydrogen-bond acceptors (Lipinski definition) is 3. The average Bonchev–Trinajstić information content (AvgIpc) is 2.77. The van der Waals surface area contributed by atoms with Gasteiger partial charge < -0.3 is 14.9 Å². The number of aliphatic carboxylic acids is 1. The average molecular weight is 256 g/mol. The van der Waals surface area contributed by atoms with Crippen LogP contribution in [-0.4, -0.2) is 60.0 Å². The lowest BCUT2D eigenvalue weighted by Gasteiger charge is -2.25. The van der Waals surface area contributed by atoms with E-state index in [9.17, 15) is 9.59 Å². The number of carboxylic acids is 1. The molecule has 0 spiro atoms. The molecule has 5 nitrogen and oxygen atoms in total. The first-order valence-electron chi connectivity index (χ1n) is 6.52. The summed E-state index contributed by atoms with van der Waals surface area (Å²) in [6.45, 7) is 6.96. The number of carbonyl (C=O) groups is 2. The van der Waals surface area contributed by atoms with Gasteiger partial charge in [0, 0.05) is 26.6 Å². The zero-order valence-electron chi connectivity index (χ0n) is 11.6. The summed E-state index contributed by atoms with van der Waals surface area (Å²) in [7, 11) is 1.75. The fourth-order valence-electron chi connectivity index (χ4n) is 2.01. The van der Waals surface area contributed by atoms with E-state index in [0.29, 0.717) is 6.54 Å². The summed E-state index contributed by atoms with van der Waals surface area (Å²) < 4.78 is 0.